The molecule has 4 aromatic rings. The van der Waals surface area contributed by atoms with Crippen LogP contribution in [0.5, 0.6) is 5.75 Å². The van der Waals surface area contributed by atoms with Gasteiger partial charge in [-0.15, -0.1) is 0 Å². The number of ether oxygens (including phenoxy) is 2. The molecule has 0 bridgehead atoms. The fourth-order valence-electron chi connectivity index (χ4n) is 3.47. The van der Waals surface area contributed by atoms with Gasteiger partial charge in [0.05, 0.1) is 23.9 Å². The summed E-state index contributed by atoms with van der Waals surface area (Å²) in [5.74, 6) is -0.823. The Kier molecular flexibility index (Phi) is 5.44. The number of hydrogen-bond donors (Lipinski definition) is 0. The van der Waals surface area contributed by atoms with E-state index < -0.39 is 11.8 Å². The number of pyridine rings is 1. The first-order valence-electron chi connectivity index (χ1n) is 9.53. The van der Waals surface area contributed by atoms with Crippen LogP contribution in [-0.4, -0.2) is 18.1 Å². The van der Waals surface area contributed by atoms with Gasteiger partial charge in [0, 0.05) is 10.9 Å². The number of carbonyl (C=O) groups is 1. The maximum absolute atomic E-state index is 13.9. The van der Waals surface area contributed by atoms with E-state index in [1.54, 1.807) is 6.07 Å². The first-order valence-corrected chi connectivity index (χ1v) is 9.53. The molecule has 0 unspecified atom stereocenters. The average molecular weight is 401 g/mol. The van der Waals surface area contributed by atoms with Gasteiger partial charge in [-0.2, -0.15) is 0 Å². The summed E-state index contributed by atoms with van der Waals surface area (Å²) in [6.45, 7) is 1.82. The summed E-state index contributed by atoms with van der Waals surface area (Å²) in [6.07, 6.45) is 0. The molecule has 0 fully saturated rings. The van der Waals surface area contributed by atoms with Gasteiger partial charge in [-0.3, -0.25) is 0 Å². The zero-order valence-electron chi connectivity index (χ0n) is 16.7. The standard InChI is InChI=1S/C25H20FNO3/c1-16-23(25(28)30-15-17-12-13-22(29-2)20(26)14-17)19-10-6-7-11-21(19)27-24(16)18-8-4-3-5-9-18/h3-14H,15H2,1-2H3. The molecule has 0 atom stereocenters. The molecule has 1 aromatic heterocycles. The molecule has 150 valence electrons. The van der Waals surface area contributed by atoms with Crippen molar-refractivity contribution in [1.29, 1.82) is 0 Å². The maximum Gasteiger partial charge on any atom is 0.339 e. The van der Waals surface area contributed by atoms with Gasteiger partial charge in [0.1, 0.15) is 6.61 Å². The fourth-order valence-corrected chi connectivity index (χ4v) is 3.47. The van der Waals surface area contributed by atoms with Crippen LogP contribution >= 0.6 is 0 Å². The fraction of sp³-hybridized carbons (Fsp3) is 0.120. The molecule has 0 N–H and O–H groups in total. The Morgan fingerprint density at radius 2 is 1.73 bits per heavy atom. The summed E-state index contributed by atoms with van der Waals surface area (Å²) >= 11 is 0. The van der Waals surface area contributed by atoms with Crippen molar-refractivity contribution >= 4 is 16.9 Å². The average Bonchev–Trinajstić information content (AvgIpc) is 2.77. The number of para-hydroxylation sites is 1. The molecule has 3 aromatic carbocycles. The number of esters is 1. The minimum Gasteiger partial charge on any atom is -0.494 e. The van der Waals surface area contributed by atoms with Crippen molar-refractivity contribution in [2.45, 2.75) is 13.5 Å². The molecule has 0 spiro atoms. The minimum atomic E-state index is -0.497. The number of halogens is 1. The van der Waals surface area contributed by atoms with Crippen molar-refractivity contribution in [1.82, 2.24) is 4.98 Å². The lowest BCUT2D eigenvalue weighted by atomic mass is 9.98. The van der Waals surface area contributed by atoms with E-state index >= 15 is 0 Å². The van der Waals surface area contributed by atoms with Crippen LogP contribution < -0.4 is 4.74 Å². The van der Waals surface area contributed by atoms with Crippen LogP contribution in [0.3, 0.4) is 0 Å². The van der Waals surface area contributed by atoms with E-state index in [4.69, 9.17) is 14.5 Å². The predicted molar refractivity (Wildman–Crippen MR) is 114 cm³/mol. The van der Waals surface area contributed by atoms with Crippen molar-refractivity contribution in [2.24, 2.45) is 0 Å². The Balaban J connectivity index is 1.71. The van der Waals surface area contributed by atoms with Crippen LogP contribution in [0, 0.1) is 12.7 Å². The number of benzene rings is 3. The van der Waals surface area contributed by atoms with Crippen molar-refractivity contribution in [2.75, 3.05) is 7.11 Å². The largest absolute Gasteiger partial charge is 0.494 e. The highest BCUT2D eigenvalue weighted by Crippen LogP contribution is 2.30. The number of carbonyl (C=O) groups excluding carboxylic acids is 1. The van der Waals surface area contributed by atoms with E-state index in [9.17, 15) is 9.18 Å². The van der Waals surface area contributed by atoms with Crippen LogP contribution in [-0.2, 0) is 11.3 Å². The highest BCUT2D eigenvalue weighted by Gasteiger charge is 2.20. The molecule has 0 aliphatic carbocycles. The van der Waals surface area contributed by atoms with E-state index in [-0.39, 0.29) is 12.4 Å². The third-order valence-electron chi connectivity index (χ3n) is 4.97. The molecule has 4 nitrogen and oxygen atoms in total. The highest BCUT2D eigenvalue weighted by molar-refractivity contribution is 6.06. The molecule has 0 saturated heterocycles. The smallest absolute Gasteiger partial charge is 0.339 e. The van der Waals surface area contributed by atoms with Crippen LogP contribution in [0.4, 0.5) is 4.39 Å². The Morgan fingerprint density at radius 1 is 1.00 bits per heavy atom. The molecule has 0 amide bonds. The molecule has 0 radical (unpaired) electrons. The molecule has 0 aliphatic heterocycles. The Bertz CT molecular complexity index is 1220. The molecular formula is C25H20FNO3. The lowest BCUT2D eigenvalue weighted by molar-refractivity contribution is 0.0474. The van der Waals surface area contributed by atoms with Gasteiger partial charge in [0.2, 0.25) is 0 Å². The van der Waals surface area contributed by atoms with Gasteiger partial charge in [0.25, 0.3) is 0 Å². The summed E-state index contributed by atoms with van der Waals surface area (Å²) < 4.78 is 24.4. The van der Waals surface area contributed by atoms with E-state index in [0.717, 1.165) is 22.2 Å². The highest BCUT2D eigenvalue weighted by atomic mass is 19.1. The van der Waals surface area contributed by atoms with E-state index in [0.29, 0.717) is 16.6 Å². The molecular weight excluding hydrogens is 381 g/mol. The summed E-state index contributed by atoms with van der Waals surface area (Å²) in [5, 5.41) is 0.723. The molecule has 1 heterocycles. The predicted octanol–water partition coefficient (Wildman–Crippen LogP) is 5.71. The number of nitrogens with zero attached hydrogens (tertiary/aromatic N) is 1. The Morgan fingerprint density at radius 3 is 2.47 bits per heavy atom. The van der Waals surface area contributed by atoms with Gasteiger partial charge in [-0.05, 0) is 36.2 Å². The quantitative estimate of drug-likeness (QED) is 0.402. The monoisotopic (exact) mass is 401 g/mol. The second-order valence-electron chi connectivity index (χ2n) is 6.89. The van der Waals surface area contributed by atoms with Crippen LogP contribution in [0.1, 0.15) is 21.5 Å². The van der Waals surface area contributed by atoms with Gasteiger partial charge >= 0.3 is 5.97 Å². The maximum atomic E-state index is 13.9. The van der Waals surface area contributed by atoms with Gasteiger partial charge in [-0.25, -0.2) is 14.2 Å². The molecule has 0 aliphatic rings. The zero-order valence-corrected chi connectivity index (χ0v) is 16.7. The second-order valence-corrected chi connectivity index (χ2v) is 6.89. The number of fused-ring (bicyclic) bond motifs is 1. The first-order chi connectivity index (χ1) is 14.6. The molecule has 5 heteroatoms. The number of methoxy groups -OCH3 is 1. The summed E-state index contributed by atoms with van der Waals surface area (Å²) in [6, 6.07) is 21.7. The van der Waals surface area contributed by atoms with Crippen molar-refractivity contribution in [3.63, 3.8) is 0 Å². The first kappa shape index (κ1) is 19.6. The second kappa shape index (κ2) is 8.33. The number of hydrogen-bond acceptors (Lipinski definition) is 4. The van der Waals surface area contributed by atoms with Crippen LogP contribution in [0.25, 0.3) is 22.2 Å². The van der Waals surface area contributed by atoms with Crippen molar-refractivity contribution < 1.29 is 18.7 Å². The summed E-state index contributed by atoms with van der Waals surface area (Å²) in [5.41, 5.74) is 4.12. The topological polar surface area (TPSA) is 48.4 Å². The third-order valence-corrected chi connectivity index (χ3v) is 4.97. The van der Waals surface area contributed by atoms with Crippen molar-refractivity contribution in [3.8, 4) is 17.0 Å². The van der Waals surface area contributed by atoms with E-state index in [1.807, 2.05) is 61.5 Å². The van der Waals surface area contributed by atoms with Crippen LogP contribution in [0.15, 0.2) is 72.8 Å². The lowest BCUT2D eigenvalue weighted by Gasteiger charge is -2.14. The Labute approximate surface area is 173 Å². The number of aromatic nitrogens is 1. The van der Waals surface area contributed by atoms with E-state index in [1.165, 1.54) is 19.2 Å². The van der Waals surface area contributed by atoms with E-state index in [2.05, 4.69) is 0 Å². The molecule has 30 heavy (non-hydrogen) atoms. The van der Waals surface area contributed by atoms with Gasteiger partial charge in [0.15, 0.2) is 11.6 Å². The normalized spacial score (nSPS) is 10.8. The molecule has 4 rings (SSSR count). The minimum absolute atomic E-state index is 0.0451. The summed E-state index contributed by atoms with van der Waals surface area (Å²) in [4.78, 5) is 17.8. The van der Waals surface area contributed by atoms with Crippen LogP contribution in [0.2, 0.25) is 0 Å². The molecule has 0 saturated carbocycles. The van der Waals surface area contributed by atoms with Crippen molar-refractivity contribution in [3.05, 3.63) is 95.3 Å². The van der Waals surface area contributed by atoms with Gasteiger partial charge < -0.3 is 9.47 Å². The SMILES string of the molecule is COc1ccc(COC(=O)c2c(C)c(-c3ccccc3)nc3ccccc23)cc1F. The van der Waals surface area contributed by atoms with Gasteiger partial charge in [-0.1, -0.05) is 54.6 Å². The number of rotatable bonds is 5. The Hall–Kier alpha value is -3.73. The zero-order chi connectivity index (χ0) is 21.1. The lowest BCUT2D eigenvalue weighted by Crippen LogP contribution is -2.10. The third kappa shape index (κ3) is 3.74. The summed E-state index contributed by atoms with van der Waals surface area (Å²) in [7, 11) is 1.40.